The fourth-order valence-electron chi connectivity index (χ4n) is 2.93. The maximum absolute atomic E-state index is 5.51. The topological polar surface area (TPSA) is 43.2 Å². The van der Waals surface area contributed by atoms with E-state index in [-0.39, 0.29) is 0 Å². The van der Waals surface area contributed by atoms with E-state index in [1.54, 1.807) is 7.11 Å². The molecule has 0 spiro atoms. The van der Waals surface area contributed by atoms with Crippen molar-refractivity contribution < 1.29 is 4.74 Å². The van der Waals surface area contributed by atoms with Crippen LogP contribution in [-0.4, -0.2) is 33.1 Å². The first-order chi connectivity index (χ1) is 12.3. The van der Waals surface area contributed by atoms with Gasteiger partial charge in [0.1, 0.15) is 5.75 Å². The van der Waals surface area contributed by atoms with Crippen LogP contribution in [0.4, 0.5) is 0 Å². The molecule has 0 fully saturated rings. The van der Waals surface area contributed by atoms with E-state index in [0.29, 0.717) is 0 Å². The van der Waals surface area contributed by atoms with Gasteiger partial charge in [0.25, 0.3) is 0 Å². The van der Waals surface area contributed by atoms with Gasteiger partial charge < -0.3 is 9.30 Å². The van der Waals surface area contributed by atoms with Gasteiger partial charge in [-0.15, -0.1) is 0 Å². The number of methoxy groups -OCH3 is 1. The van der Waals surface area contributed by atoms with Crippen molar-refractivity contribution in [2.45, 2.75) is 26.1 Å². The summed E-state index contributed by atoms with van der Waals surface area (Å²) in [6, 6.07) is 12.4. The van der Waals surface area contributed by atoms with Crippen LogP contribution in [0.1, 0.15) is 17.5 Å². The Bertz CT molecular complexity index is 743. The number of hydrogen-bond acceptors (Lipinski definition) is 4. The van der Waals surface area contributed by atoms with E-state index in [1.807, 2.05) is 43.2 Å². The summed E-state index contributed by atoms with van der Waals surface area (Å²) in [5.74, 6) is 0.942. The van der Waals surface area contributed by atoms with Crippen LogP contribution in [0.25, 0.3) is 0 Å². The van der Waals surface area contributed by atoms with Gasteiger partial charge in [-0.05, 0) is 30.2 Å². The summed E-state index contributed by atoms with van der Waals surface area (Å²) in [6.45, 7) is 3.72. The van der Waals surface area contributed by atoms with Crippen molar-refractivity contribution >= 4 is 0 Å². The van der Waals surface area contributed by atoms with Gasteiger partial charge in [0, 0.05) is 56.5 Å². The summed E-state index contributed by atoms with van der Waals surface area (Å²) in [5, 5.41) is 0. The Morgan fingerprint density at radius 1 is 1.00 bits per heavy atom. The van der Waals surface area contributed by atoms with Crippen LogP contribution < -0.4 is 4.74 Å². The van der Waals surface area contributed by atoms with Crippen molar-refractivity contribution in [2.24, 2.45) is 0 Å². The summed E-state index contributed by atoms with van der Waals surface area (Å²) < 4.78 is 7.63. The molecule has 0 aliphatic carbocycles. The number of imidazole rings is 1. The lowest BCUT2D eigenvalue weighted by molar-refractivity contribution is 0.244. The number of ether oxygens (including phenoxy) is 1. The molecule has 1 aromatic carbocycles. The minimum atomic E-state index is 0.857. The number of rotatable bonds is 9. The lowest BCUT2D eigenvalue weighted by atomic mass is 10.1. The fraction of sp³-hybridized carbons (Fsp3) is 0.300. The van der Waals surface area contributed by atoms with Crippen molar-refractivity contribution in [2.75, 3.05) is 13.7 Å². The Morgan fingerprint density at radius 2 is 1.84 bits per heavy atom. The molecule has 0 saturated heterocycles. The number of hydrogen-bond donors (Lipinski definition) is 0. The Kier molecular flexibility index (Phi) is 6.17. The van der Waals surface area contributed by atoms with Crippen molar-refractivity contribution in [3.63, 3.8) is 0 Å². The third-order valence-corrected chi connectivity index (χ3v) is 4.19. The van der Waals surface area contributed by atoms with E-state index in [4.69, 9.17) is 4.74 Å². The van der Waals surface area contributed by atoms with Crippen molar-refractivity contribution in [3.05, 3.63) is 78.6 Å². The van der Waals surface area contributed by atoms with Crippen molar-refractivity contribution in [1.82, 2.24) is 19.4 Å². The average molecular weight is 336 g/mol. The first-order valence-corrected chi connectivity index (χ1v) is 8.54. The van der Waals surface area contributed by atoms with E-state index in [2.05, 4.69) is 43.7 Å². The molecule has 0 aliphatic heterocycles. The Balaban J connectivity index is 1.66. The first-order valence-electron chi connectivity index (χ1n) is 8.54. The molecule has 3 aromatic rings. The maximum Gasteiger partial charge on any atom is 0.123 e. The van der Waals surface area contributed by atoms with Crippen LogP contribution in [0.3, 0.4) is 0 Å². The summed E-state index contributed by atoms with van der Waals surface area (Å²) in [6.07, 6.45) is 10.5. The van der Waals surface area contributed by atoms with Crippen LogP contribution >= 0.6 is 0 Å². The smallest absolute Gasteiger partial charge is 0.123 e. The van der Waals surface area contributed by atoms with E-state index in [0.717, 1.165) is 38.3 Å². The standard InChI is InChI=1S/C20H24N4O/c1-25-20-6-3-2-5-19(20)16-24(15-18-7-9-21-10-8-18)13-4-12-23-14-11-22-17-23/h2-3,5-11,14,17H,4,12-13,15-16H2,1H3. The molecule has 130 valence electrons. The highest BCUT2D eigenvalue weighted by Crippen LogP contribution is 2.20. The van der Waals surface area contributed by atoms with Gasteiger partial charge in [0.05, 0.1) is 13.4 Å². The molecule has 0 aliphatic rings. The zero-order chi connectivity index (χ0) is 17.3. The third-order valence-electron chi connectivity index (χ3n) is 4.19. The molecule has 3 rings (SSSR count). The van der Waals surface area contributed by atoms with E-state index >= 15 is 0 Å². The lowest BCUT2D eigenvalue weighted by Gasteiger charge is -2.23. The molecule has 0 unspecified atom stereocenters. The molecule has 0 radical (unpaired) electrons. The van der Waals surface area contributed by atoms with Crippen molar-refractivity contribution in [1.29, 1.82) is 0 Å². The summed E-state index contributed by atoms with van der Waals surface area (Å²) in [7, 11) is 1.73. The normalized spacial score (nSPS) is 11.0. The molecule has 0 saturated carbocycles. The molecule has 25 heavy (non-hydrogen) atoms. The summed E-state index contributed by atoms with van der Waals surface area (Å²) in [4.78, 5) is 10.7. The SMILES string of the molecule is COc1ccccc1CN(CCCn1ccnc1)Cc1ccncc1. The number of aromatic nitrogens is 3. The second kappa shape index (κ2) is 8.99. The highest BCUT2D eigenvalue weighted by Gasteiger charge is 2.10. The van der Waals surface area contributed by atoms with Crippen LogP contribution in [0, 0.1) is 0 Å². The molecule has 2 heterocycles. The van der Waals surface area contributed by atoms with Gasteiger partial charge in [0.2, 0.25) is 0 Å². The minimum absolute atomic E-state index is 0.857. The molecular weight excluding hydrogens is 312 g/mol. The van der Waals surface area contributed by atoms with E-state index < -0.39 is 0 Å². The fourth-order valence-corrected chi connectivity index (χ4v) is 2.93. The van der Waals surface area contributed by atoms with Crippen molar-refractivity contribution in [3.8, 4) is 5.75 Å². The predicted molar refractivity (Wildman–Crippen MR) is 98.2 cm³/mol. The second-order valence-electron chi connectivity index (χ2n) is 6.03. The summed E-state index contributed by atoms with van der Waals surface area (Å²) in [5.41, 5.74) is 2.48. The predicted octanol–water partition coefficient (Wildman–Crippen LogP) is 3.38. The molecule has 0 bridgehead atoms. The second-order valence-corrected chi connectivity index (χ2v) is 6.03. The van der Waals surface area contributed by atoms with Crippen LogP contribution in [0.15, 0.2) is 67.5 Å². The zero-order valence-electron chi connectivity index (χ0n) is 14.6. The number of benzene rings is 1. The molecule has 5 heteroatoms. The van der Waals surface area contributed by atoms with E-state index in [9.17, 15) is 0 Å². The number of para-hydroxylation sites is 1. The monoisotopic (exact) mass is 336 g/mol. The minimum Gasteiger partial charge on any atom is -0.496 e. The summed E-state index contributed by atoms with van der Waals surface area (Å²) >= 11 is 0. The Labute approximate surface area is 148 Å². The third kappa shape index (κ3) is 5.16. The highest BCUT2D eigenvalue weighted by atomic mass is 16.5. The van der Waals surface area contributed by atoms with Gasteiger partial charge in [-0.1, -0.05) is 18.2 Å². The zero-order valence-corrected chi connectivity index (χ0v) is 14.6. The van der Waals surface area contributed by atoms with Gasteiger partial charge >= 0.3 is 0 Å². The lowest BCUT2D eigenvalue weighted by Crippen LogP contribution is -2.25. The van der Waals surface area contributed by atoms with Gasteiger partial charge in [-0.2, -0.15) is 0 Å². The van der Waals surface area contributed by atoms with Gasteiger partial charge in [-0.25, -0.2) is 4.98 Å². The number of aryl methyl sites for hydroxylation is 1. The van der Waals surface area contributed by atoms with Gasteiger partial charge in [-0.3, -0.25) is 9.88 Å². The van der Waals surface area contributed by atoms with Gasteiger partial charge in [0.15, 0.2) is 0 Å². The first kappa shape index (κ1) is 17.2. The number of nitrogens with zero attached hydrogens (tertiary/aromatic N) is 4. The number of pyridine rings is 1. The van der Waals surface area contributed by atoms with Crippen LogP contribution in [0.5, 0.6) is 5.75 Å². The Morgan fingerprint density at radius 3 is 2.60 bits per heavy atom. The molecule has 2 aromatic heterocycles. The average Bonchev–Trinajstić information content (AvgIpc) is 3.16. The molecule has 0 amide bonds. The largest absolute Gasteiger partial charge is 0.496 e. The highest BCUT2D eigenvalue weighted by molar-refractivity contribution is 5.33. The molecule has 0 atom stereocenters. The van der Waals surface area contributed by atoms with Crippen LogP contribution in [-0.2, 0) is 19.6 Å². The molecule has 5 nitrogen and oxygen atoms in total. The molecule has 0 N–H and O–H groups in total. The van der Waals surface area contributed by atoms with Crippen LogP contribution in [0.2, 0.25) is 0 Å². The van der Waals surface area contributed by atoms with E-state index in [1.165, 1.54) is 11.1 Å². The molecular formula is C20H24N4O. The maximum atomic E-state index is 5.51. The quantitative estimate of drug-likeness (QED) is 0.601. The Hall–Kier alpha value is -2.66.